The van der Waals surface area contributed by atoms with E-state index in [9.17, 15) is 14.4 Å². The molecule has 5 heteroatoms. The number of aromatic nitrogens is 2. The fourth-order valence-electron chi connectivity index (χ4n) is 5.16. The second-order valence-corrected chi connectivity index (χ2v) is 14.8. The lowest BCUT2D eigenvalue weighted by Crippen LogP contribution is -2.21. The van der Waals surface area contributed by atoms with Crippen molar-refractivity contribution in [2.24, 2.45) is 16.2 Å². The van der Waals surface area contributed by atoms with Gasteiger partial charge >= 0.3 is 0 Å². The number of allylic oxidation sites excluding steroid dienone is 1. The highest BCUT2D eigenvalue weighted by Gasteiger charge is 2.28. The first kappa shape index (κ1) is 33.4. The number of carbonyl (C=O) groups is 3. The Morgan fingerprint density at radius 2 is 1.09 bits per heavy atom. The van der Waals surface area contributed by atoms with Crippen molar-refractivity contribution in [3.63, 3.8) is 0 Å². The average molecular weight is 603 g/mol. The van der Waals surface area contributed by atoms with Gasteiger partial charge in [0.1, 0.15) is 0 Å². The third-order valence-electron chi connectivity index (χ3n) is 7.73. The number of nitrogens with one attached hydrogen (secondary N) is 2. The Morgan fingerprint density at radius 3 is 1.69 bits per heavy atom. The minimum Gasteiger partial charge on any atom is -0.361 e. The molecule has 1 aliphatic carbocycles. The van der Waals surface area contributed by atoms with Gasteiger partial charge in [0.25, 0.3) is 0 Å². The summed E-state index contributed by atoms with van der Waals surface area (Å²) in [5, 5.41) is 2.23. The van der Waals surface area contributed by atoms with Gasteiger partial charge in [-0.25, -0.2) is 0 Å². The zero-order chi connectivity index (χ0) is 33.2. The van der Waals surface area contributed by atoms with Crippen LogP contribution in [-0.4, -0.2) is 27.3 Å². The van der Waals surface area contributed by atoms with E-state index < -0.39 is 0 Å². The van der Waals surface area contributed by atoms with E-state index in [1.807, 2.05) is 141 Å². The smallest absolute Gasteiger partial charge is 0.168 e. The Morgan fingerprint density at radius 1 is 0.556 bits per heavy atom. The largest absolute Gasteiger partial charge is 0.361 e. The van der Waals surface area contributed by atoms with Crippen LogP contribution < -0.4 is 0 Å². The summed E-state index contributed by atoms with van der Waals surface area (Å²) >= 11 is 0. The lowest BCUT2D eigenvalue weighted by Gasteiger charge is -2.16. The van der Waals surface area contributed by atoms with Gasteiger partial charge in [0.2, 0.25) is 0 Å². The summed E-state index contributed by atoms with van der Waals surface area (Å²) in [7, 11) is 0. The molecule has 3 aromatic carbocycles. The number of benzene rings is 3. The number of ketones is 3. The maximum Gasteiger partial charge on any atom is 0.168 e. The molecule has 5 nitrogen and oxygen atoms in total. The van der Waals surface area contributed by atoms with Crippen molar-refractivity contribution in [1.29, 1.82) is 0 Å². The highest BCUT2D eigenvalue weighted by atomic mass is 16.1. The highest BCUT2D eigenvalue weighted by molar-refractivity contribution is 6.05. The Hall–Kier alpha value is -4.51. The molecule has 1 aliphatic rings. The van der Waals surface area contributed by atoms with Gasteiger partial charge in [0.05, 0.1) is 0 Å². The molecule has 0 saturated heterocycles. The molecule has 5 aromatic rings. The van der Waals surface area contributed by atoms with E-state index in [2.05, 4.69) is 22.1 Å². The molecule has 0 radical (unpaired) electrons. The number of H-pyrrole nitrogens is 2. The van der Waals surface area contributed by atoms with Gasteiger partial charge < -0.3 is 9.97 Å². The van der Waals surface area contributed by atoms with Gasteiger partial charge in [-0.2, -0.15) is 0 Å². The Bertz CT molecular complexity index is 1780. The molecule has 0 saturated carbocycles. The minimum absolute atomic E-state index is 0.180. The lowest BCUT2D eigenvalue weighted by atomic mass is 9.86. The second kappa shape index (κ2) is 12.8. The summed E-state index contributed by atoms with van der Waals surface area (Å²) in [6.45, 7) is 17.6. The third-order valence-corrected chi connectivity index (χ3v) is 7.73. The Labute approximate surface area is 267 Å². The van der Waals surface area contributed by atoms with Crippen molar-refractivity contribution in [3.05, 3.63) is 113 Å². The zero-order valence-electron chi connectivity index (χ0n) is 28.1. The molecule has 0 aliphatic heterocycles. The number of hydrogen-bond acceptors (Lipinski definition) is 3. The van der Waals surface area contributed by atoms with Crippen molar-refractivity contribution in [3.8, 4) is 0 Å². The average Bonchev–Trinajstić information content (AvgIpc) is 3.73. The van der Waals surface area contributed by atoms with Crippen LogP contribution in [-0.2, 0) is 11.2 Å². The van der Waals surface area contributed by atoms with Gasteiger partial charge in [0.15, 0.2) is 17.3 Å². The molecule has 0 atom stereocenters. The molecule has 2 aromatic heterocycles. The van der Waals surface area contributed by atoms with Crippen LogP contribution >= 0.6 is 0 Å². The van der Waals surface area contributed by atoms with Crippen LogP contribution in [0.1, 0.15) is 94.2 Å². The van der Waals surface area contributed by atoms with Crippen LogP contribution in [0.3, 0.4) is 0 Å². The van der Waals surface area contributed by atoms with E-state index in [-0.39, 0.29) is 33.6 Å². The number of fused-ring (bicyclic) bond motifs is 3. The molecule has 6 rings (SSSR count). The maximum atomic E-state index is 12.1. The van der Waals surface area contributed by atoms with Gasteiger partial charge in [-0.3, -0.25) is 14.4 Å². The molecular weight excluding hydrogens is 556 g/mol. The van der Waals surface area contributed by atoms with Crippen molar-refractivity contribution in [2.45, 2.75) is 68.7 Å². The van der Waals surface area contributed by atoms with E-state index in [0.717, 1.165) is 44.9 Å². The Kier molecular flexibility index (Phi) is 9.53. The number of hydrogen-bond donors (Lipinski definition) is 2. The molecule has 0 spiro atoms. The summed E-state index contributed by atoms with van der Waals surface area (Å²) in [5.41, 5.74) is 6.16. The topological polar surface area (TPSA) is 82.8 Å². The maximum absolute atomic E-state index is 12.1. The second-order valence-electron chi connectivity index (χ2n) is 14.8. The minimum atomic E-state index is -0.319. The number of aromatic amines is 2. The first-order chi connectivity index (χ1) is 20.9. The molecule has 2 N–H and O–H groups in total. The molecule has 2 heterocycles. The first-order valence-electron chi connectivity index (χ1n) is 15.5. The van der Waals surface area contributed by atoms with Crippen LogP contribution in [0, 0.1) is 16.2 Å². The summed E-state index contributed by atoms with van der Waals surface area (Å²) < 4.78 is 0. The van der Waals surface area contributed by atoms with Crippen molar-refractivity contribution < 1.29 is 14.4 Å². The first-order valence-corrected chi connectivity index (χ1v) is 15.5. The van der Waals surface area contributed by atoms with Gasteiger partial charge in [-0.05, 0) is 59.0 Å². The monoisotopic (exact) mass is 602 g/mol. The normalized spacial score (nSPS) is 12.9. The van der Waals surface area contributed by atoms with E-state index in [1.54, 1.807) is 0 Å². The summed E-state index contributed by atoms with van der Waals surface area (Å²) in [6, 6.07) is 23.7. The predicted octanol–water partition coefficient (Wildman–Crippen LogP) is 10.0. The summed E-state index contributed by atoms with van der Waals surface area (Å²) in [4.78, 5) is 42.3. The molecule has 0 fully saturated rings. The van der Waals surface area contributed by atoms with Crippen molar-refractivity contribution in [1.82, 2.24) is 9.97 Å². The van der Waals surface area contributed by atoms with Crippen molar-refractivity contribution >= 4 is 45.2 Å². The number of rotatable bonds is 3. The summed E-state index contributed by atoms with van der Waals surface area (Å²) in [6.07, 6.45) is 6.60. The predicted molar refractivity (Wildman–Crippen MR) is 187 cm³/mol. The van der Waals surface area contributed by atoms with Crippen molar-refractivity contribution in [2.75, 3.05) is 0 Å². The van der Waals surface area contributed by atoms with Gasteiger partial charge in [-0.1, -0.05) is 98.7 Å². The van der Waals surface area contributed by atoms with Crippen LogP contribution in [0.4, 0.5) is 0 Å². The van der Waals surface area contributed by atoms with Crippen LogP contribution in [0.15, 0.2) is 90.8 Å². The SMILES string of the molecule is CC(C)(C)C(=O)C1=Cc2ccccc2C1.CC(C)(C)C(=O)c1ccc2[nH]ccc2c1.CC(C)(C)C(=O)c1ccc2cc[nH]c2c1. The van der Waals surface area contributed by atoms with Crippen LogP contribution in [0.2, 0.25) is 0 Å². The third kappa shape index (κ3) is 8.16. The molecular formula is C40H46N2O3. The molecule has 234 valence electrons. The molecule has 0 unspecified atom stereocenters. The van der Waals surface area contributed by atoms with Gasteiger partial charge in [0, 0.05) is 68.2 Å². The molecule has 0 bridgehead atoms. The fourth-order valence-corrected chi connectivity index (χ4v) is 5.16. The van der Waals surface area contributed by atoms with Crippen LogP contribution in [0.25, 0.3) is 27.9 Å². The summed E-state index contributed by atoms with van der Waals surface area (Å²) in [5.74, 6) is 0.628. The van der Waals surface area contributed by atoms with Crippen LogP contribution in [0.5, 0.6) is 0 Å². The highest BCUT2D eigenvalue weighted by Crippen LogP contribution is 2.30. The lowest BCUT2D eigenvalue weighted by molar-refractivity contribution is -0.122. The number of carbonyl (C=O) groups excluding carboxylic acids is 3. The fraction of sp³-hybridized carbons (Fsp3) is 0.325. The van der Waals surface area contributed by atoms with Gasteiger partial charge in [-0.15, -0.1) is 0 Å². The van der Waals surface area contributed by atoms with E-state index in [4.69, 9.17) is 0 Å². The van der Waals surface area contributed by atoms with E-state index in [1.165, 1.54) is 11.1 Å². The standard InChI is InChI=1S/C14H16O.2C13H15NO/c1-14(2,3)13(15)12-8-10-6-4-5-7-11(10)9-12;1-13(2,3)12(15)10-4-5-11-9(8-10)6-7-14-11;1-13(2,3)12(15)10-5-4-9-6-7-14-11(9)8-10/h4-8H,9H2,1-3H3;2*4-8,14H,1-3H3. The zero-order valence-corrected chi connectivity index (χ0v) is 28.1. The van der Waals surface area contributed by atoms with E-state index >= 15 is 0 Å². The molecule has 45 heavy (non-hydrogen) atoms. The van der Waals surface area contributed by atoms with E-state index in [0.29, 0.717) is 0 Å². The Balaban J connectivity index is 0.000000154. The quantitative estimate of drug-likeness (QED) is 0.202. The molecule has 0 amide bonds. The number of Topliss-reactive ketones (excluding diaryl/α,β-unsaturated/α-hetero) is 3.